The number of aromatic amines is 1. The number of rotatable bonds is 1. The molecule has 1 aromatic rings. The molecule has 6 heteroatoms. The summed E-state index contributed by atoms with van der Waals surface area (Å²) in [5, 5.41) is 8.93. The van der Waals surface area contributed by atoms with Gasteiger partial charge in [-0.15, -0.1) is 0 Å². The van der Waals surface area contributed by atoms with E-state index in [-0.39, 0.29) is 6.04 Å². The summed E-state index contributed by atoms with van der Waals surface area (Å²) in [6, 6.07) is -0.0870. The number of nitrogens with one attached hydrogen (secondary N) is 1. The number of carboxylic acid groups (broad SMARTS) is 1. The zero-order valence-electron chi connectivity index (χ0n) is 7.40. The molecule has 0 saturated carbocycles. The normalized spacial score (nSPS) is 21.5. The summed E-state index contributed by atoms with van der Waals surface area (Å²) in [6.07, 6.45) is 2.69. The molecule has 0 aromatic carbocycles. The van der Waals surface area contributed by atoms with Crippen LogP contribution in [-0.2, 0) is 0 Å². The molecular weight excluding hydrogens is 297 g/mol. The summed E-state index contributed by atoms with van der Waals surface area (Å²) in [7, 11) is 0. The highest BCUT2D eigenvalue weighted by atomic mass is 127. The third kappa shape index (κ3) is 1.70. The first-order valence-electron chi connectivity index (χ1n) is 4.39. The SMILES string of the molecule is O=C(O)N1CCCC1c1nc(I)c[nH]1. The number of halogens is 1. The smallest absolute Gasteiger partial charge is 0.407 e. The number of nitrogens with zero attached hydrogens (tertiary/aromatic N) is 2. The van der Waals surface area contributed by atoms with E-state index in [0.29, 0.717) is 6.54 Å². The first-order chi connectivity index (χ1) is 6.68. The third-order valence-corrected chi connectivity index (χ3v) is 2.93. The van der Waals surface area contributed by atoms with Crippen LogP contribution in [0.2, 0.25) is 0 Å². The van der Waals surface area contributed by atoms with Crippen molar-refractivity contribution in [2.75, 3.05) is 6.54 Å². The monoisotopic (exact) mass is 307 g/mol. The van der Waals surface area contributed by atoms with E-state index in [4.69, 9.17) is 5.11 Å². The second kappa shape index (κ2) is 3.76. The van der Waals surface area contributed by atoms with Crippen LogP contribution in [0, 0.1) is 3.70 Å². The van der Waals surface area contributed by atoms with Gasteiger partial charge < -0.3 is 10.1 Å². The molecule has 2 N–H and O–H groups in total. The predicted octanol–water partition coefficient (Wildman–Crippen LogP) is 1.83. The fourth-order valence-electron chi connectivity index (χ4n) is 1.76. The molecule has 0 bridgehead atoms. The van der Waals surface area contributed by atoms with Gasteiger partial charge >= 0.3 is 6.09 Å². The lowest BCUT2D eigenvalue weighted by molar-refractivity contribution is 0.139. The lowest BCUT2D eigenvalue weighted by Crippen LogP contribution is -2.29. The van der Waals surface area contributed by atoms with E-state index < -0.39 is 6.09 Å². The van der Waals surface area contributed by atoms with E-state index >= 15 is 0 Å². The van der Waals surface area contributed by atoms with Crippen molar-refractivity contribution in [2.45, 2.75) is 18.9 Å². The fourth-order valence-corrected chi connectivity index (χ4v) is 2.18. The zero-order valence-corrected chi connectivity index (χ0v) is 9.56. The van der Waals surface area contributed by atoms with Crippen molar-refractivity contribution in [2.24, 2.45) is 0 Å². The maximum atomic E-state index is 10.9. The van der Waals surface area contributed by atoms with E-state index in [2.05, 4.69) is 32.6 Å². The first kappa shape index (κ1) is 9.75. The maximum absolute atomic E-state index is 10.9. The molecule has 1 unspecified atom stereocenters. The van der Waals surface area contributed by atoms with Crippen LogP contribution in [0.4, 0.5) is 4.79 Å². The first-order valence-corrected chi connectivity index (χ1v) is 5.46. The summed E-state index contributed by atoms with van der Waals surface area (Å²) >= 11 is 2.10. The standard InChI is InChI=1S/C8H10IN3O2/c9-6-4-10-7(11-6)5-2-1-3-12(5)8(13)14/h4-5H,1-3H2,(H,10,11)(H,13,14). The molecule has 1 atom stereocenters. The molecule has 1 amide bonds. The van der Waals surface area contributed by atoms with Gasteiger partial charge in [0.15, 0.2) is 0 Å². The van der Waals surface area contributed by atoms with Gasteiger partial charge in [0.2, 0.25) is 0 Å². The van der Waals surface area contributed by atoms with Gasteiger partial charge in [0.05, 0.1) is 6.04 Å². The van der Waals surface area contributed by atoms with E-state index in [1.165, 1.54) is 4.90 Å². The van der Waals surface area contributed by atoms with Gasteiger partial charge in [-0.1, -0.05) is 0 Å². The van der Waals surface area contributed by atoms with Crippen LogP contribution in [0.5, 0.6) is 0 Å². The third-order valence-electron chi connectivity index (χ3n) is 2.38. The highest BCUT2D eigenvalue weighted by Crippen LogP contribution is 2.29. The quantitative estimate of drug-likeness (QED) is 0.778. The summed E-state index contributed by atoms with van der Waals surface area (Å²) in [4.78, 5) is 19.6. The average molecular weight is 307 g/mol. The van der Waals surface area contributed by atoms with Crippen LogP contribution in [0.1, 0.15) is 24.7 Å². The van der Waals surface area contributed by atoms with Crippen molar-refractivity contribution >= 4 is 28.7 Å². The second-order valence-corrected chi connectivity index (χ2v) is 4.35. The highest BCUT2D eigenvalue weighted by Gasteiger charge is 2.31. The lowest BCUT2D eigenvalue weighted by Gasteiger charge is -2.19. The minimum atomic E-state index is -0.862. The molecule has 1 aromatic heterocycles. The van der Waals surface area contributed by atoms with Crippen LogP contribution in [0.15, 0.2) is 6.20 Å². The Balaban J connectivity index is 2.21. The fraction of sp³-hybridized carbons (Fsp3) is 0.500. The Hall–Kier alpha value is -0.790. The molecule has 5 nitrogen and oxygen atoms in total. The molecule has 14 heavy (non-hydrogen) atoms. The number of hydrogen-bond donors (Lipinski definition) is 2. The Morgan fingerprint density at radius 1 is 1.79 bits per heavy atom. The van der Waals surface area contributed by atoms with E-state index in [1.54, 1.807) is 6.20 Å². The number of H-pyrrole nitrogens is 1. The maximum Gasteiger partial charge on any atom is 0.407 e. The Labute approximate surface area is 94.7 Å². The minimum absolute atomic E-state index is 0.0870. The Morgan fingerprint density at radius 3 is 3.14 bits per heavy atom. The average Bonchev–Trinajstić information content (AvgIpc) is 2.70. The van der Waals surface area contributed by atoms with Gasteiger partial charge in [-0.25, -0.2) is 9.78 Å². The zero-order chi connectivity index (χ0) is 10.1. The van der Waals surface area contributed by atoms with Gasteiger partial charge in [-0.2, -0.15) is 0 Å². The minimum Gasteiger partial charge on any atom is -0.465 e. The molecule has 1 aliphatic rings. The number of carbonyl (C=O) groups is 1. The molecule has 2 heterocycles. The van der Waals surface area contributed by atoms with Crippen LogP contribution in [0.3, 0.4) is 0 Å². The molecule has 0 radical (unpaired) electrons. The molecule has 1 saturated heterocycles. The summed E-state index contributed by atoms with van der Waals surface area (Å²) < 4.78 is 0.870. The number of amides is 1. The topological polar surface area (TPSA) is 69.2 Å². The van der Waals surface area contributed by atoms with Crippen molar-refractivity contribution in [3.63, 3.8) is 0 Å². The number of hydrogen-bond acceptors (Lipinski definition) is 2. The van der Waals surface area contributed by atoms with Crippen LogP contribution in [-0.4, -0.2) is 32.6 Å². The van der Waals surface area contributed by atoms with E-state index in [0.717, 1.165) is 22.4 Å². The van der Waals surface area contributed by atoms with Crippen LogP contribution >= 0.6 is 22.6 Å². The molecule has 0 spiro atoms. The van der Waals surface area contributed by atoms with E-state index in [1.807, 2.05) is 0 Å². The van der Waals surface area contributed by atoms with Crippen molar-refractivity contribution in [3.05, 3.63) is 15.7 Å². The molecular formula is C8H10IN3O2. The van der Waals surface area contributed by atoms with Crippen molar-refractivity contribution in [1.82, 2.24) is 14.9 Å². The second-order valence-electron chi connectivity index (χ2n) is 3.24. The van der Waals surface area contributed by atoms with E-state index in [9.17, 15) is 4.79 Å². The van der Waals surface area contributed by atoms with Crippen molar-refractivity contribution < 1.29 is 9.90 Å². The molecule has 1 aliphatic heterocycles. The van der Waals surface area contributed by atoms with Gasteiger partial charge in [0.25, 0.3) is 0 Å². The Bertz CT molecular complexity index is 352. The lowest BCUT2D eigenvalue weighted by atomic mass is 10.2. The van der Waals surface area contributed by atoms with Gasteiger partial charge in [0.1, 0.15) is 9.53 Å². The molecule has 2 rings (SSSR count). The van der Waals surface area contributed by atoms with Crippen molar-refractivity contribution in [3.8, 4) is 0 Å². The summed E-state index contributed by atoms with van der Waals surface area (Å²) in [5.41, 5.74) is 0. The number of likely N-dealkylation sites (tertiary alicyclic amines) is 1. The molecule has 76 valence electrons. The number of aromatic nitrogens is 2. The van der Waals surface area contributed by atoms with Crippen LogP contribution < -0.4 is 0 Å². The predicted molar refractivity (Wildman–Crippen MR) is 58.0 cm³/mol. The van der Waals surface area contributed by atoms with Gasteiger partial charge in [-0.05, 0) is 35.4 Å². The van der Waals surface area contributed by atoms with Crippen LogP contribution in [0.25, 0.3) is 0 Å². The molecule has 0 aliphatic carbocycles. The van der Waals surface area contributed by atoms with Gasteiger partial charge in [0, 0.05) is 12.7 Å². The largest absolute Gasteiger partial charge is 0.465 e. The van der Waals surface area contributed by atoms with Gasteiger partial charge in [-0.3, -0.25) is 4.90 Å². The Morgan fingerprint density at radius 2 is 2.57 bits per heavy atom. The number of imidazole rings is 1. The summed E-state index contributed by atoms with van der Waals surface area (Å²) in [5.74, 6) is 0.759. The van der Waals surface area contributed by atoms with Crippen molar-refractivity contribution in [1.29, 1.82) is 0 Å². The highest BCUT2D eigenvalue weighted by molar-refractivity contribution is 14.1. The molecule has 1 fully saturated rings. The summed E-state index contributed by atoms with van der Waals surface area (Å²) in [6.45, 7) is 0.608. The Kier molecular flexibility index (Phi) is 2.62.